The van der Waals surface area contributed by atoms with E-state index in [1.165, 1.54) is 6.07 Å². The normalized spacial score (nSPS) is 24.0. The van der Waals surface area contributed by atoms with Crippen LogP contribution in [0.3, 0.4) is 0 Å². The maximum Gasteiger partial charge on any atom is 0.307 e. The zero-order valence-corrected chi connectivity index (χ0v) is 30.8. The van der Waals surface area contributed by atoms with Gasteiger partial charge in [0.15, 0.2) is 0 Å². The Labute approximate surface area is 298 Å². The molecule has 1 saturated heterocycles. The molecule has 1 aliphatic carbocycles. The maximum atomic E-state index is 14.5. The Morgan fingerprint density at radius 1 is 1.00 bits per heavy atom. The van der Waals surface area contributed by atoms with Crippen LogP contribution in [0.15, 0.2) is 36.4 Å². The number of halogens is 1. The summed E-state index contributed by atoms with van der Waals surface area (Å²) in [5, 5.41) is 10.9. The van der Waals surface area contributed by atoms with Crippen LogP contribution < -0.4 is 9.64 Å². The molecule has 0 spiro atoms. The van der Waals surface area contributed by atoms with Crippen molar-refractivity contribution in [1.82, 2.24) is 4.90 Å². The first-order chi connectivity index (χ1) is 24.1. The van der Waals surface area contributed by atoms with E-state index in [1.807, 2.05) is 22.9 Å². The quantitative estimate of drug-likeness (QED) is 0.200. The predicted octanol–water partition coefficient (Wildman–Crippen LogP) is 9.09. The van der Waals surface area contributed by atoms with Gasteiger partial charge in [-0.3, -0.25) is 14.4 Å². The van der Waals surface area contributed by atoms with Crippen LogP contribution in [0.1, 0.15) is 126 Å². The third kappa shape index (κ3) is 9.27. The highest BCUT2D eigenvalue weighted by Crippen LogP contribution is 2.46. The Morgan fingerprint density at radius 3 is 2.50 bits per heavy atom. The minimum Gasteiger partial charge on any atom is -0.493 e. The molecule has 7 nitrogen and oxygen atoms in total. The van der Waals surface area contributed by atoms with Gasteiger partial charge >= 0.3 is 5.97 Å². The van der Waals surface area contributed by atoms with Crippen molar-refractivity contribution in [1.29, 1.82) is 0 Å². The van der Waals surface area contributed by atoms with Gasteiger partial charge in [0, 0.05) is 44.6 Å². The number of hydrogen-bond acceptors (Lipinski definition) is 4. The number of likely N-dealkylation sites (tertiary alicyclic amines) is 1. The average molecular weight is 691 g/mol. The number of carboxylic acids is 1. The summed E-state index contributed by atoms with van der Waals surface area (Å²) in [7, 11) is 1.88. The molecule has 2 aliphatic heterocycles. The fourth-order valence-corrected chi connectivity index (χ4v) is 9.12. The lowest BCUT2D eigenvalue weighted by Gasteiger charge is -2.34. The number of carbonyl (C=O) groups is 3. The van der Waals surface area contributed by atoms with E-state index in [0.717, 1.165) is 106 Å². The van der Waals surface area contributed by atoms with Gasteiger partial charge < -0.3 is 19.6 Å². The zero-order chi connectivity index (χ0) is 35.8. The number of hydrogen-bond donors (Lipinski definition) is 1. The molecule has 2 amide bonds. The number of benzene rings is 2. The Balaban J connectivity index is 1.40. The monoisotopic (exact) mass is 690 g/mol. The van der Waals surface area contributed by atoms with E-state index < -0.39 is 11.9 Å². The van der Waals surface area contributed by atoms with Crippen LogP contribution in [0.4, 0.5) is 10.1 Å². The fourth-order valence-electron chi connectivity index (χ4n) is 9.12. The third-order valence-electron chi connectivity index (χ3n) is 11.9. The van der Waals surface area contributed by atoms with Gasteiger partial charge in [-0.2, -0.15) is 0 Å². The molecule has 8 heteroatoms. The molecule has 2 fully saturated rings. The summed E-state index contributed by atoms with van der Waals surface area (Å²) in [6.45, 7) is 7.45. The van der Waals surface area contributed by atoms with Crippen molar-refractivity contribution in [2.24, 2.45) is 23.7 Å². The molecule has 1 saturated carbocycles. The molecule has 2 heterocycles. The van der Waals surface area contributed by atoms with Crippen molar-refractivity contribution >= 4 is 23.5 Å². The number of nitrogens with zero attached hydrogens (tertiary/aromatic N) is 2. The summed E-state index contributed by atoms with van der Waals surface area (Å²) in [5.41, 5.74) is 3.44. The summed E-state index contributed by atoms with van der Waals surface area (Å²) >= 11 is 0. The topological polar surface area (TPSA) is 87.2 Å². The first-order valence-electron chi connectivity index (χ1n) is 19.4. The molecule has 1 N–H and O–H groups in total. The number of aliphatic carboxylic acids is 1. The molecule has 2 aromatic carbocycles. The summed E-state index contributed by atoms with van der Waals surface area (Å²) in [5.74, 6) is -0.120. The van der Waals surface area contributed by atoms with E-state index in [0.29, 0.717) is 37.4 Å². The van der Waals surface area contributed by atoms with E-state index in [1.54, 1.807) is 19.1 Å². The van der Waals surface area contributed by atoms with Crippen molar-refractivity contribution in [3.05, 3.63) is 58.9 Å². The van der Waals surface area contributed by atoms with Gasteiger partial charge in [-0.05, 0) is 123 Å². The Kier molecular flexibility index (Phi) is 13.4. The van der Waals surface area contributed by atoms with Crippen molar-refractivity contribution in [3.8, 4) is 5.75 Å². The van der Waals surface area contributed by atoms with Crippen LogP contribution in [0.2, 0.25) is 0 Å². The first-order valence-corrected chi connectivity index (χ1v) is 19.4. The van der Waals surface area contributed by atoms with Crippen LogP contribution in [-0.4, -0.2) is 54.0 Å². The molecular formula is C42H59FN2O5. The van der Waals surface area contributed by atoms with Gasteiger partial charge in [-0.25, -0.2) is 4.39 Å². The molecule has 0 radical (unpaired) electrons. The number of carboxylic acid groups (broad SMARTS) is 1. The lowest BCUT2D eigenvalue weighted by atomic mass is 9.74. The van der Waals surface area contributed by atoms with Gasteiger partial charge in [-0.15, -0.1) is 0 Å². The van der Waals surface area contributed by atoms with Gasteiger partial charge in [0.2, 0.25) is 11.8 Å². The van der Waals surface area contributed by atoms with E-state index in [4.69, 9.17) is 4.74 Å². The fraction of sp³-hybridized carbons (Fsp3) is 0.643. The van der Waals surface area contributed by atoms with Crippen LogP contribution in [0.5, 0.6) is 5.75 Å². The SMILES string of the molecule is CCCC(CCC)N(C(=O)CC1CC[C@@H](CCCC2CCC(=O)N(C)CC2)[C@H](C(=O)O)[C@@H](c2ccc3c(c2)CCO3)C1)c1ccc(F)c(C)c1. The van der Waals surface area contributed by atoms with Gasteiger partial charge in [0.25, 0.3) is 0 Å². The number of rotatable bonds is 14. The molecule has 2 aromatic rings. The molecule has 0 aromatic heterocycles. The van der Waals surface area contributed by atoms with Gasteiger partial charge in [0.1, 0.15) is 11.6 Å². The summed E-state index contributed by atoms with van der Waals surface area (Å²) in [4.78, 5) is 43.8. The van der Waals surface area contributed by atoms with E-state index in [-0.39, 0.29) is 41.4 Å². The Morgan fingerprint density at radius 2 is 1.78 bits per heavy atom. The highest BCUT2D eigenvalue weighted by atomic mass is 19.1. The minimum absolute atomic E-state index is 0.000901. The third-order valence-corrected chi connectivity index (χ3v) is 11.9. The minimum atomic E-state index is -0.750. The highest BCUT2D eigenvalue weighted by molar-refractivity contribution is 5.94. The number of amides is 2. The second kappa shape index (κ2) is 17.7. The Hall–Kier alpha value is -3.42. The van der Waals surface area contributed by atoms with Crippen LogP contribution >= 0.6 is 0 Å². The number of aryl methyl sites for hydroxylation is 1. The van der Waals surface area contributed by atoms with Crippen molar-refractivity contribution in [2.45, 2.75) is 129 Å². The Bertz CT molecular complexity index is 1470. The van der Waals surface area contributed by atoms with Crippen molar-refractivity contribution in [3.63, 3.8) is 0 Å². The zero-order valence-electron chi connectivity index (χ0n) is 30.8. The van der Waals surface area contributed by atoms with Crippen LogP contribution in [0, 0.1) is 36.4 Å². The molecule has 2 unspecified atom stereocenters. The molecule has 5 rings (SSSR count). The molecule has 5 atom stereocenters. The number of anilines is 1. The second-order valence-corrected chi connectivity index (χ2v) is 15.4. The maximum absolute atomic E-state index is 14.5. The standard InChI is InChI=1S/C42H59FN2O5/c1-5-8-34(9-6-2)45(35-16-17-37(43)28(3)24-35)40(47)26-30-12-14-31(11-7-10-29-13-19-39(46)44(4)22-20-29)41(42(48)49)36(25-30)32-15-18-38-33(27-32)21-23-50-38/h15-18,24,27,29-31,34,36,41H,5-14,19-23,25-26H2,1-4H3,(H,48,49)/t29?,30?,31-,36-,41+/m1/s1. The van der Waals surface area contributed by atoms with Crippen LogP contribution in [0.25, 0.3) is 0 Å². The summed E-state index contributed by atoms with van der Waals surface area (Å²) in [6.07, 6.45) is 12.3. The first kappa shape index (κ1) is 37.8. The van der Waals surface area contributed by atoms with Gasteiger partial charge in [0.05, 0.1) is 12.5 Å². The van der Waals surface area contributed by atoms with E-state index in [9.17, 15) is 23.9 Å². The van der Waals surface area contributed by atoms with Crippen molar-refractivity contribution in [2.75, 3.05) is 25.1 Å². The van der Waals surface area contributed by atoms with E-state index in [2.05, 4.69) is 26.0 Å². The van der Waals surface area contributed by atoms with Gasteiger partial charge in [-0.1, -0.05) is 51.7 Å². The predicted molar refractivity (Wildman–Crippen MR) is 196 cm³/mol. The summed E-state index contributed by atoms with van der Waals surface area (Å²) in [6, 6.07) is 11.2. The lowest BCUT2D eigenvalue weighted by Crippen LogP contribution is -2.41. The number of fused-ring (bicyclic) bond motifs is 1. The molecule has 0 bridgehead atoms. The lowest BCUT2D eigenvalue weighted by molar-refractivity contribution is -0.145. The molecular weight excluding hydrogens is 631 g/mol. The smallest absolute Gasteiger partial charge is 0.307 e. The average Bonchev–Trinajstić information content (AvgIpc) is 3.41. The second-order valence-electron chi connectivity index (χ2n) is 15.4. The van der Waals surface area contributed by atoms with Crippen LogP contribution in [-0.2, 0) is 20.8 Å². The molecule has 3 aliphatic rings. The largest absolute Gasteiger partial charge is 0.493 e. The highest BCUT2D eigenvalue weighted by Gasteiger charge is 2.41. The van der Waals surface area contributed by atoms with Crippen molar-refractivity contribution < 1.29 is 28.6 Å². The molecule has 50 heavy (non-hydrogen) atoms. The molecule has 274 valence electrons. The number of carbonyl (C=O) groups excluding carboxylic acids is 2. The van der Waals surface area contributed by atoms with E-state index >= 15 is 0 Å². The summed E-state index contributed by atoms with van der Waals surface area (Å²) < 4.78 is 20.2. The number of ether oxygens (including phenoxy) is 1.